The van der Waals surface area contributed by atoms with Crippen LogP contribution in [0.4, 0.5) is 0 Å². The molecule has 3 rings (SSSR count). The van der Waals surface area contributed by atoms with Gasteiger partial charge in [-0.25, -0.2) is 4.99 Å². The van der Waals surface area contributed by atoms with E-state index in [1.807, 2.05) is 18.5 Å². The van der Waals surface area contributed by atoms with Gasteiger partial charge in [0.2, 0.25) is 0 Å². The Morgan fingerprint density at radius 3 is 2.39 bits per heavy atom. The van der Waals surface area contributed by atoms with Crippen molar-refractivity contribution in [3.8, 4) is 0 Å². The van der Waals surface area contributed by atoms with Gasteiger partial charge in [0.1, 0.15) is 5.82 Å². The Hall–Kier alpha value is -1.68. The molecule has 8 heteroatoms. The molecule has 0 bridgehead atoms. The fraction of sp³-hybridized carbons (Fsp3) is 0.609. The maximum absolute atomic E-state index is 4.79. The summed E-state index contributed by atoms with van der Waals surface area (Å²) in [7, 11) is 1.99. The van der Waals surface area contributed by atoms with Crippen LogP contribution in [0.3, 0.4) is 0 Å². The van der Waals surface area contributed by atoms with Crippen LogP contribution in [-0.4, -0.2) is 45.3 Å². The van der Waals surface area contributed by atoms with Gasteiger partial charge in [-0.3, -0.25) is 4.90 Å². The molecule has 0 spiro atoms. The van der Waals surface area contributed by atoms with Gasteiger partial charge in [-0.1, -0.05) is 44.0 Å². The summed E-state index contributed by atoms with van der Waals surface area (Å²) in [5, 5.41) is 15.2. The fourth-order valence-corrected chi connectivity index (χ4v) is 3.62. The molecule has 0 atom stereocenters. The van der Waals surface area contributed by atoms with Crippen LogP contribution in [0.1, 0.15) is 61.8 Å². The summed E-state index contributed by atoms with van der Waals surface area (Å²) in [4.78, 5) is 7.35. The summed E-state index contributed by atoms with van der Waals surface area (Å²) in [6, 6.07) is 8.91. The molecule has 0 saturated carbocycles. The minimum atomic E-state index is 0. The molecule has 1 aromatic carbocycles. The number of aryl methyl sites for hydroxylation is 1. The van der Waals surface area contributed by atoms with E-state index in [1.165, 1.54) is 43.5 Å². The molecule has 1 fully saturated rings. The number of nitrogens with zero attached hydrogens (tertiary/aromatic N) is 5. The molecule has 2 N–H and O–H groups in total. The van der Waals surface area contributed by atoms with Crippen LogP contribution < -0.4 is 10.6 Å². The lowest BCUT2D eigenvalue weighted by Gasteiger charge is -2.26. The number of piperidine rings is 1. The Labute approximate surface area is 204 Å². The molecule has 31 heavy (non-hydrogen) atoms. The number of nitrogens with one attached hydrogen (secondary N) is 2. The van der Waals surface area contributed by atoms with Crippen molar-refractivity contribution in [2.24, 2.45) is 12.0 Å². The highest BCUT2D eigenvalue weighted by molar-refractivity contribution is 14.0. The van der Waals surface area contributed by atoms with Gasteiger partial charge in [0.15, 0.2) is 11.8 Å². The third-order valence-corrected chi connectivity index (χ3v) is 5.72. The van der Waals surface area contributed by atoms with Crippen LogP contribution in [0.15, 0.2) is 29.3 Å². The van der Waals surface area contributed by atoms with Crippen LogP contribution in [0.25, 0.3) is 0 Å². The highest BCUT2D eigenvalue weighted by atomic mass is 127. The fourth-order valence-electron chi connectivity index (χ4n) is 3.62. The normalized spacial score (nSPS) is 14.9. The summed E-state index contributed by atoms with van der Waals surface area (Å²) in [5.41, 5.74) is 2.62. The first-order valence-corrected chi connectivity index (χ1v) is 11.3. The Morgan fingerprint density at radius 1 is 1.03 bits per heavy atom. The number of likely N-dealkylation sites (tertiary alicyclic amines) is 1. The van der Waals surface area contributed by atoms with E-state index in [0.29, 0.717) is 13.1 Å². The molecular formula is C23H38IN7. The second kappa shape index (κ2) is 13.7. The van der Waals surface area contributed by atoms with E-state index < -0.39 is 0 Å². The smallest absolute Gasteiger partial charge is 0.191 e. The summed E-state index contributed by atoms with van der Waals surface area (Å²) in [5.74, 6) is 2.63. The molecule has 1 aliphatic rings. The molecule has 0 radical (unpaired) electrons. The number of rotatable bonds is 9. The second-order valence-electron chi connectivity index (χ2n) is 8.17. The van der Waals surface area contributed by atoms with E-state index in [0.717, 1.165) is 43.5 Å². The topological polar surface area (TPSA) is 70.4 Å². The number of aromatic nitrogens is 3. The molecule has 2 aromatic rings. The van der Waals surface area contributed by atoms with Gasteiger partial charge in [0, 0.05) is 20.1 Å². The minimum Gasteiger partial charge on any atom is -0.356 e. The van der Waals surface area contributed by atoms with Gasteiger partial charge in [0.25, 0.3) is 0 Å². The average molecular weight is 540 g/mol. The summed E-state index contributed by atoms with van der Waals surface area (Å²) >= 11 is 0. The number of hydrogen-bond acceptors (Lipinski definition) is 4. The van der Waals surface area contributed by atoms with Gasteiger partial charge in [-0.2, -0.15) is 0 Å². The van der Waals surface area contributed by atoms with Crippen molar-refractivity contribution in [2.45, 2.75) is 65.6 Å². The van der Waals surface area contributed by atoms with E-state index in [4.69, 9.17) is 4.99 Å². The van der Waals surface area contributed by atoms with E-state index in [2.05, 4.69) is 56.9 Å². The Morgan fingerprint density at radius 2 is 1.74 bits per heavy atom. The molecule has 2 heterocycles. The zero-order chi connectivity index (χ0) is 21.2. The minimum absolute atomic E-state index is 0. The lowest BCUT2D eigenvalue weighted by atomic mass is 10.1. The van der Waals surface area contributed by atoms with Crippen molar-refractivity contribution in [3.63, 3.8) is 0 Å². The highest BCUT2D eigenvalue weighted by Gasteiger charge is 2.10. The number of hydrogen-bond donors (Lipinski definition) is 2. The SMILES string of the molecule is CCCCNC(=NCc1ccc(CN2CCCCC2)cc1)NCc1nnc(C)n1C.I. The zero-order valence-corrected chi connectivity index (χ0v) is 21.6. The zero-order valence-electron chi connectivity index (χ0n) is 19.2. The monoisotopic (exact) mass is 539 g/mol. The van der Waals surface area contributed by atoms with Crippen molar-refractivity contribution in [3.05, 3.63) is 47.0 Å². The first kappa shape index (κ1) is 25.6. The molecule has 7 nitrogen and oxygen atoms in total. The average Bonchev–Trinajstić information content (AvgIpc) is 3.09. The number of unbranched alkanes of at least 4 members (excludes halogenated alkanes) is 1. The van der Waals surface area contributed by atoms with Crippen molar-refractivity contribution in [1.82, 2.24) is 30.3 Å². The largest absolute Gasteiger partial charge is 0.356 e. The van der Waals surface area contributed by atoms with Crippen molar-refractivity contribution < 1.29 is 0 Å². The first-order valence-electron chi connectivity index (χ1n) is 11.3. The van der Waals surface area contributed by atoms with Gasteiger partial charge in [-0.05, 0) is 50.4 Å². The van der Waals surface area contributed by atoms with Crippen molar-refractivity contribution in [1.29, 1.82) is 0 Å². The number of halogens is 1. The third kappa shape index (κ3) is 8.40. The molecule has 1 aliphatic heterocycles. The molecule has 1 aromatic heterocycles. The van der Waals surface area contributed by atoms with E-state index in [1.54, 1.807) is 0 Å². The Kier molecular flexibility index (Phi) is 11.3. The lowest BCUT2D eigenvalue weighted by Crippen LogP contribution is -2.38. The van der Waals surface area contributed by atoms with Gasteiger partial charge < -0.3 is 15.2 Å². The molecule has 0 unspecified atom stereocenters. The van der Waals surface area contributed by atoms with Gasteiger partial charge >= 0.3 is 0 Å². The Bertz CT molecular complexity index is 795. The quantitative estimate of drug-likeness (QED) is 0.220. The maximum Gasteiger partial charge on any atom is 0.191 e. The van der Waals surface area contributed by atoms with Gasteiger partial charge in [0.05, 0.1) is 13.1 Å². The summed E-state index contributed by atoms with van der Waals surface area (Å²) in [6.07, 6.45) is 6.33. The summed E-state index contributed by atoms with van der Waals surface area (Å²) < 4.78 is 2.00. The van der Waals surface area contributed by atoms with Crippen LogP contribution in [-0.2, 0) is 26.7 Å². The van der Waals surface area contributed by atoms with Crippen molar-refractivity contribution in [2.75, 3.05) is 19.6 Å². The molecule has 0 aliphatic carbocycles. The van der Waals surface area contributed by atoms with Crippen molar-refractivity contribution >= 4 is 29.9 Å². The first-order chi connectivity index (χ1) is 14.7. The van der Waals surface area contributed by atoms with Gasteiger partial charge in [-0.15, -0.1) is 34.2 Å². The maximum atomic E-state index is 4.79. The lowest BCUT2D eigenvalue weighted by molar-refractivity contribution is 0.221. The standard InChI is InChI=1S/C23H37N7.HI/c1-4-5-13-24-23(26-17-22-28-27-19(2)29(22)3)25-16-20-9-11-21(12-10-20)18-30-14-7-6-8-15-30;/h9-12H,4-8,13-18H2,1-3H3,(H2,24,25,26);1H. The van der Waals surface area contributed by atoms with E-state index in [9.17, 15) is 0 Å². The third-order valence-electron chi connectivity index (χ3n) is 5.72. The summed E-state index contributed by atoms with van der Waals surface area (Å²) in [6.45, 7) is 9.85. The van der Waals surface area contributed by atoms with Crippen LogP contribution >= 0.6 is 24.0 Å². The second-order valence-corrected chi connectivity index (χ2v) is 8.17. The number of benzene rings is 1. The predicted molar refractivity (Wildman–Crippen MR) is 138 cm³/mol. The van der Waals surface area contributed by atoms with Crippen LogP contribution in [0.2, 0.25) is 0 Å². The van der Waals surface area contributed by atoms with E-state index in [-0.39, 0.29) is 24.0 Å². The van der Waals surface area contributed by atoms with Crippen LogP contribution in [0, 0.1) is 6.92 Å². The molecule has 0 amide bonds. The number of guanidine groups is 1. The highest BCUT2D eigenvalue weighted by Crippen LogP contribution is 2.14. The number of aliphatic imine (C=N–C) groups is 1. The molecular weight excluding hydrogens is 501 g/mol. The predicted octanol–water partition coefficient (Wildman–Crippen LogP) is 3.76. The van der Waals surface area contributed by atoms with Crippen LogP contribution in [0.5, 0.6) is 0 Å². The Balaban J connectivity index is 0.00000341. The molecule has 1 saturated heterocycles. The van der Waals surface area contributed by atoms with E-state index >= 15 is 0 Å². The molecule has 172 valence electrons.